The van der Waals surface area contributed by atoms with Crippen molar-refractivity contribution in [3.05, 3.63) is 46.5 Å². The van der Waals surface area contributed by atoms with Crippen LogP contribution in [0.4, 0.5) is 0 Å². The molecular formula is C20H24N4O2S. The number of benzene rings is 1. The number of thiazole rings is 1. The van der Waals surface area contributed by atoms with Crippen LogP contribution in [0.15, 0.2) is 41.5 Å². The Morgan fingerprint density at radius 1 is 1.15 bits per heavy atom. The van der Waals surface area contributed by atoms with Gasteiger partial charge < -0.3 is 14.7 Å². The number of aliphatic hydroxyl groups is 1. The van der Waals surface area contributed by atoms with Crippen molar-refractivity contribution < 1.29 is 9.84 Å². The van der Waals surface area contributed by atoms with E-state index in [1.807, 2.05) is 40.6 Å². The fourth-order valence-corrected chi connectivity index (χ4v) is 4.38. The summed E-state index contributed by atoms with van der Waals surface area (Å²) in [4.78, 5) is 8.99. The maximum atomic E-state index is 10.4. The van der Waals surface area contributed by atoms with Crippen LogP contribution in [0.2, 0.25) is 0 Å². The van der Waals surface area contributed by atoms with Crippen LogP contribution in [0.5, 0.6) is 0 Å². The first-order valence-electron chi connectivity index (χ1n) is 9.30. The van der Waals surface area contributed by atoms with Gasteiger partial charge in [0.25, 0.3) is 0 Å². The van der Waals surface area contributed by atoms with Gasteiger partial charge in [-0.15, -0.1) is 11.3 Å². The Morgan fingerprint density at radius 2 is 1.93 bits per heavy atom. The SMILES string of the molecule is N=C1C(c2nc(-c3ccccc3)cs2)=C(O)CN1CCCN1CCOCC1. The molecule has 2 aromatic rings. The molecule has 0 spiro atoms. The second-order valence-electron chi connectivity index (χ2n) is 6.80. The van der Waals surface area contributed by atoms with E-state index in [4.69, 9.17) is 10.1 Å². The third kappa shape index (κ3) is 4.05. The van der Waals surface area contributed by atoms with Gasteiger partial charge in [0.2, 0.25) is 0 Å². The third-order valence-corrected chi connectivity index (χ3v) is 5.84. The fourth-order valence-electron chi connectivity index (χ4n) is 3.49. The predicted octanol–water partition coefficient (Wildman–Crippen LogP) is 3.09. The van der Waals surface area contributed by atoms with Crippen molar-refractivity contribution in [3.8, 4) is 11.3 Å². The van der Waals surface area contributed by atoms with E-state index in [-0.39, 0.29) is 5.76 Å². The number of hydrogen-bond acceptors (Lipinski definition) is 6. The molecular weight excluding hydrogens is 360 g/mol. The number of ether oxygens (including phenoxy) is 1. The quantitative estimate of drug-likeness (QED) is 0.801. The molecule has 7 heteroatoms. The van der Waals surface area contributed by atoms with Crippen LogP contribution >= 0.6 is 11.3 Å². The summed E-state index contributed by atoms with van der Waals surface area (Å²) in [5, 5.41) is 21.7. The molecule has 0 saturated carbocycles. The summed E-state index contributed by atoms with van der Waals surface area (Å²) in [7, 11) is 0. The van der Waals surface area contributed by atoms with E-state index in [1.165, 1.54) is 11.3 Å². The number of aliphatic hydroxyl groups excluding tert-OH is 1. The third-order valence-electron chi connectivity index (χ3n) is 4.98. The maximum absolute atomic E-state index is 10.4. The van der Waals surface area contributed by atoms with Gasteiger partial charge in [0.05, 0.1) is 31.0 Å². The summed E-state index contributed by atoms with van der Waals surface area (Å²) in [5.74, 6) is 0.628. The summed E-state index contributed by atoms with van der Waals surface area (Å²) in [6, 6.07) is 9.99. The summed E-state index contributed by atoms with van der Waals surface area (Å²) in [6.07, 6.45) is 0.968. The Kier molecular flexibility index (Phi) is 5.52. The smallest absolute Gasteiger partial charge is 0.135 e. The van der Waals surface area contributed by atoms with Gasteiger partial charge in [-0.3, -0.25) is 10.3 Å². The number of aromatic nitrogens is 1. The van der Waals surface area contributed by atoms with Crippen molar-refractivity contribution in [2.75, 3.05) is 45.9 Å². The lowest BCUT2D eigenvalue weighted by Gasteiger charge is -2.27. The highest BCUT2D eigenvalue weighted by Crippen LogP contribution is 2.32. The van der Waals surface area contributed by atoms with Crippen molar-refractivity contribution in [1.82, 2.24) is 14.8 Å². The highest BCUT2D eigenvalue weighted by molar-refractivity contribution is 7.11. The lowest BCUT2D eigenvalue weighted by molar-refractivity contribution is 0.0368. The van der Waals surface area contributed by atoms with E-state index in [2.05, 4.69) is 9.88 Å². The van der Waals surface area contributed by atoms with Gasteiger partial charge in [0, 0.05) is 37.1 Å². The molecule has 0 radical (unpaired) electrons. The zero-order chi connectivity index (χ0) is 18.6. The van der Waals surface area contributed by atoms with Gasteiger partial charge >= 0.3 is 0 Å². The fraction of sp³-hybridized carbons (Fsp3) is 0.400. The number of morpholine rings is 1. The molecule has 4 rings (SSSR count). The monoisotopic (exact) mass is 384 g/mol. The van der Waals surface area contributed by atoms with E-state index >= 15 is 0 Å². The minimum Gasteiger partial charge on any atom is -0.510 e. The van der Waals surface area contributed by atoms with Gasteiger partial charge in [-0.1, -0.05) is 30.3 Å². The summed E-state index contributed by atoms with van der Waals surface area (Å²) >= 11 is 1.48. The topological polar surface area (TPSA) is 72.7 Å². The Labute approximate surface area is 163 Å². The molecule has 1 aromatic heterocycles. The van der Waals surface area contributed by atoms with Crippen molar-refractivity contribution in [2.45, 2.75) is 6.42 Å². The minimum absolute atomic E-state index is 0.250. The number of hydrogen-bond donors (Lipinski definition) is 2. The second kappa shape index (κ2) is 8.21. The van der Waals surface area contributed by atoms with Crippen LogP contribution < -0.4 is 0 Å². The Bertz CT molecular complexity index is 828. The molecule has 2 aliphatic rings. The Balaban J connectivity index is 1.38. The molecule has 142 valence electrons. The number of rotatable bonds is 6. The van der Waals surface area contributed by atoms with Gasteiger partial charge in [-0.05, 0) is 6.42 Å². The lowest BCUT2D eigenvalue weighted by Crippen LogP contribution is -2.38. The zero-order valence-corrected chi connectivity index (χ0v) is 16.0. The van der Waals surface area contributed by atoms with Gasteiger partial charge in [-0.2, -0.15) is 0 Å². The van der Waals surface area contributed by atoms with Crippen molar-refractivity contribution in [1.29, 1.82) is 5.41 Å². The molecule has 2 aliphatic heterocycles. The molecule has 0 bridgehead atoms. The molecule has 0 aliphatic carbocycles. The van der Waals surface area contributed by atoms with Crippen molar-refractivity contribution in [2.24, 2.45) is 0 Å². The van der Waals surface area contributed by atoms with Gasteiger partial charge in [-0.25, -0.2) is 4.98 Å². The van der Waals surface area contributed by atoms with Crippen LogP contribution in [0.1, 0.15) is 11.4 Å². The van der Waals surface area contributed by atoms with E-state index in [1.54, 1.807) is 0 Å². The average Bonchev–Trinajstić information content (AvgIpc) is 3.28. The van der Waals surface area contributed by atoms with E-state index in [9.17, 15) is 5.11 Å². The molecule has 27 heavy (non-hydrogen) atoms. The standard InChI is InChI=1S/C20H24N4O2S/c21-19-18(20-22-16(14-27-20)15-5-2-1-3-6-15)17(25)13-24(19)8-4-7-23-9-11-26-12-10-23/h1-3,5-6,14,21,25H,4,7-13H2. The molecule has 1 saturated heterocycles. The Hall–Kier alpha value is -2.22. The van der Waals surface area contributed by atoms with Crippen LogP contribution in [0.25, 0.3) is 16.8 Å². The molecule has 1 aromatic carbocycles. The molecule has 3 heterocycles. The largest absolute Gasteiger partial charge is 0.510 e. The molecule has 0 amide bonds. The van der Waals surface area contributed by atoms with Gasteiger partial charge in [0.15, 0.2) is 0 Å². The van der Waals surface area contributed by atoms with Crippen LogP contribution in [0.3, 0.4) is 0 Å². The van der Waals surface area contributed by atoms with E-state index < -0.39 is 0 Å². The number of amidine groups is 1. The molecule has 0 atom stereocenters. The minimum atomic E-state index is 0.250. The van der Waals surface area contributed by atoms with Crippen molar-refractivity contribution in [3.63, 3.8) is 0 Å². The molecule has 0 unspecified atom stereocenters. The van der Waals surface area contributed by atoms with E-state index in [0.29, 0.717) is 23.0 Å². The highest BCUT2D eigenvalue weighted by atomic mass is 32.1. The highest BCUT2D eigenvalue weighted by Gasteiger charge is 2.30. The Morgan fingerprint density at radius 3 is 2.70 bits per heavy atom. The summed E-state index contributed by atoms with van der Waals surface area (Å²) in [6.45, 7) is 5.73. The van der Waals surface area contributed by atoms with Crippen LogP contribution in [0, 0.1) is 5.41 Å². The number of nitrogens with one attached hydrogen (secondary N) is 1. The summed E-state index contributed by atoms with van der Waals surface area (Å²) < 4.78 is 5.38. The first-order valence-corrected chi connectivity index (χ1v) is 10.2. The number of nitrogens with zero attached hydrogens (tertiary/aromatic N) is 3. The average molecular weight is 385 g/mol. The first-order chi connectivity index (χ1) is 13.2. The van der Waals surface area contributed by atoms with Crippen molar-refractivity contribution >= 4 is 22.7 Å². The molecule has 2 N–H and O–H groups in total. The molecule has 6 nitrogen and oxygen atoms in total. The van der Waals surface area contributed by atoms with Crippen LogP contribution in [-0.2, 0) is 4.74 Å². The molecule has 1 fully saturated rings. The second-order valence-corrected chi connectivity index (χ2v) is 7.66. The first kappa shape index (κ1) is 18.2. The summed E-state index contributed by atoms with van der Waals surface area (Å²) in [5.41, 5.74) is 2.51. The normalized spacial score (nSPS) is 18.5. The van der Waals surface area contributed by atoms with Gasteiger partial charge in [0.1, 0.15) is 16.6 Å². The van der Waals surface area contributed by atoms with Crippen LogP contribution in [-0.4, -0.2) is 71.7 Å². The zero-order valence-electron chi connectivity index (χ0n) is 15.2. The maximum Gasteiger partial charge on any atom is 0.135 e. The lowest BCUT2D eigenvalue weighted by atomic mass is 10.2. The van der Waals surface area contributed by atoms with E-state index in [0.717, 1.165) is 57.1 Å². The predicted molar refractivity (Wildman–Crippen MR) is 108 cm³/mol.